The molecule has 1 amide bonds. The van der Waals surface area contributed by atoms with Crippen LogP contribution in [0.25, 0.3) is 0 Å². The van der Waals surface area contributed by atoms with E-state index in [2.05, 4.69) is 4.72 Å². The van der Waals surface area contributed by atoms with Crippen LogP contribution >= 0.6 is 23.2 Å². The van der Waals surface area contributed by atoms with Crippen LogP contribution in [0.2, 0.25) is 10.0 Å². The van der Waals surface area contributed by atoms with E-state index in [1.165, 1.54) is 6.92 Å². The summed E-state index contributed by atoms with van der Waals surface area (Å²) in [6.45, 7) is 1.13. The van der Waals surface area contributed by atoms with Gasteiger partial charge < -0.3 is 15.5 Å². The Morgan fingerprint density at radius 2 is 1.81 bits per heavy atom. The molecule has 0 spiro atoms. The summed E-state index contributed by atoms with van der Waals surface area (Å²) in [7, 11) is -4.19. The van der Waals surface area contributed by atoms with E-state index in [1.807, 2.05) is 0 Å². The molecule has 7 nitrogen and oxygen atoms in total. The molecule has 0 aromatic heterocycles. The number of rotatable bonds is 6. The Hall–Kier alpha value is -1.11. The average Bonchev–Trinajstić information content (AvgIpc) is 2.49. The van der Waals surface area contributed by atoms with Crippen LogP contribution < -0.4 is 10.0 Å². The van der Waals surface area contributed by atoms with E-state index in [9.17, 15) is 31.5 Å². The molecule has 0 heterocycles. The molecule has 0 fully saturated rings. The van der Waals surface area contributed by atoms with Crippen LogP contribution in [0.5, 0.6) is 0 Å². The van der Waals surface area contributed by atoms with Crippen LogP contribution in [0.1, 0.15) is 13.8 Å². The summed E-state index contributed by atoms with van der Waals surface area (Å²) in [5.41, 5.74) is -4.13. The van der Waals surface area contributed by atoms with E-state index in [4.69, 9.17) is 28.3 Å². The summed E-state index contributed by atoms with van der Waals surface area (Å²) in [6.07, 6.45) is -5.25. The maximum atomic E-state index is 12.7. The van der Waals surface area contributed by atoms with Crippen molar-refractivity contribution >= 4 is 44.8 Å². The smallest absolute Gasteiger partial charge is 0.395 e. The molecule has 2 unspecified atom stereocenters. The molecule has 4 N–H and O–H groups in total. The molecular weight excluding hydrogens is 424 g/mol. The highest BCUT2D eigenvalue weighted by molar-refractivity contribution is 7.89. The molecule has 2 atom stereocenters. The standard InChI is InChI=1S/C13H15Cl2F3N2O5S/c1-6(5-21)20-26(24,25)8-4-3-7(9(14)10(8)15)19-11(22)12(2,23)13(16,17)18/h3-4,6,20-21,23H,5H2,1-2H3,(H,19,22). The van der Waals surface area contributed by atoms with Gasteiger partial charge in [-0.25, -0.2) is 13.1 Å². The number of carbonyl (C=O) groups excluding carboxylic acids is 1. The van der Waals surface area contributed by atoms with Crippen LogP contribution in [0.4, 0.5) is 18.9 Å². The summed E-state index contributed by atoms with van der Waals surface area (Å²) in [5.74, 6) is -1.83. The maximum Gasteiger partial charge on any atom is 0.426 e. The molecule has 0 aliphatic carbocycles. The third-order valence-corrected chi connectivity index (χ3v) is 5.83. The highest BCUT2D eigenvalue weighted by Gasteiger charge is 2.55. The van der Waals surface area contributed by atoms with E-state index in [1.54, 1.807) is 5.32 Å². The number of aliphatic hydroxyl groups excluding tert-OH is 1. The molecule has 0 bridgehead atoms. The molecule has 26 heavy (non-hydrogen) atoms. The number of amides is 1. The molecule has 13 heteroatoms. The number of alkyl halides is 3. The third kappa shape index (κ3) is 4.78. The van der Waals surface area contributed by atoms with Crippen molar-refractivity contribution in [3.8, 4) is 0 Å². The summed E-state index contributed by atoms with van der Waals surface area (Å²) >= 11 is 11.7. The lowest BCUT2D eigenvalue weighted by molar-refractivity contribution is -0.242. The molecule has 0 aliphatic rings. The highest BCUT2D eigenvalue weighted by atomic mass is 35.5. The fourth-order valence-electron chi connectivity index (χ4n) is 1.57. The van der Waals surface area contributed by atoms with Gasteiger partial charge in [-0.05, 0) is 26.0 Å². The summed E-state index contributed by atoms with van der Waals surface area (Å²) in [6, 6.07) is 0.978. The second kappa shape index (κ2) is 7.87. The van der Waals surface area contributed by atoms with Gasteiger partial charge in [0.2, 0.25) is 15.6 Å². The lowest BCUT2D eigenvalue weighted by Gasteiger charge is -2.25. The Kier molecular flexibility index (Phi) is 6.94. The van der Waals surface area contributed by atoms with Gasteiger partial charge >= 0.3 is 6.18 Å². The minimum Gasteiger partial charge on any atom is -0.395 e. The fourth-order valence-corrected chi connectivity index (χ4v) is 3.63. The molecule has 0 saturated heterocycles. The zero-order valence-corrected chi connectivity index (χ0v) is 15.7. The molecule has 1 aromatic carbocycles. The van der Waals surface area contributed by atoms with Crippen molar-refractivity contribution in [2.75, 3.05) is 11.9 Å². The number of hydrogen-bond acceptors (Lipinski definition) is 5. The van der Waals surface area contributed by atoms with Gasteiger partial charge in [0.15, 0.2) is 0 Å². The van der Waals surface area contributed by atoms with Crippen molar-refractivity contribution in [1.29, 1.82) is 0 Å². The number of benzene rings is 1. The predicted octanol–water partition coefficient (Wildman–Crippen LogP) is 1.90. The van der Waals surface area contributed by atoms with Gasteiger partial charge in [0.1, 0.15) is 4.90 Å². The van der Waals surface area contributed by atoms with Gasteiger partial charge in [0.25, 0.3) is 5.91 Å². The zero-order chi connectivity index (χ0) is 20.5. The molecular formula is C13H15Cl2F3N2O5S. The van der Waals surface area contributed by atoms with Crippen molar-refractivity contribution < 1.29 is 36.6 Å². The van der Waals surface area contributed by atoms with E-state index >= 15 is 0 Å². The monoisotopic (exact) mass is 438 g/mol. The van der Waals surface area contributed by atoms with Crippen LogP contribution in [0.15, 0.2) is 17.0 Å². The highest BCUT2D eigenvalue weighted by Crippen LogP contribution is 2.37. The molecule has 0 aliphatic heterocycles. The summed E-state index contributed by atoms with van der Waals surface area (Å²) in [4.78, 5) is 11.2. The first kappa shape index (κ1) is 22.9. The van der Waals surface area contributed by atoms with Crippen molar-refractivity contribution in [3.05, 3.63) is 22.2 Å². The quantitative estimate of drug-likeness (QED) is 0.541. The first-order valence-electron chi connectivity index (χ1n) is 6.87. The second-order valence-corrected chi connectivity index (χ2v) is 7.91. The molecule has 148 valence electrons. The Morgan fingerprint density at radius 1 is 1.27 bits per heavy atom. The minimum absolute atomic E-state index is 0.247. The Labute approximate surface area is 157 Å². The second-order valence-electron chi connectivity index (χ2n) is 5.47. The molecule has 0 radical (unpaired) electrons. The average molecular weight is 439 g/mol. The Balaban J connectivity index is 3.22. The van der Waals surface area contributed by atoms with Gasteiger partial charge in [-0.3, -0.25) is 4.79 Å². The number of hydrogen-bond donors (Lipinski definition) is 4. The van der Waals surface area contributed by atoms with Gasteiger partial charge in [0.05, 0.1) is 22.3 Å². The van der Waals surface area contributed by atoms with Crippen molar-refractivity contribution in [2.24, 2.45) is 0 Å². The lowest BCUT2D eigenvalue weighted by atomic mass is 10.1. The summed E-state index contributed by atoms with van der Waals surface area (Å²) < 4.78 is 64.4. The minimum atomic E-state index is -5.25. The maximum absolute atomic E-state index is 12.7. The topological polar surface area (TPSA) is 116 Å². The normalized spacial score (nSPS) is 16.0. The van der Waals surface area contributed by atoms with E-state index < -0.39 is 61.0 Å². The fraction of sp³-hybridized carbons (Fsp3) is 0.462. The number of halogens is 5. The van der Waals surface area contributed by atoms with Crippen LogP contribution in [0.3, 0.4) is 0 Å². The molecule has 1 aromatic rings. The van der Waals surface area contributed by atoms with Crippen LogP contribution in [0, 0.1) is 0 Å². The number of nitrogens with one attached hydrogen (secondary N) is 2. The lowest BCUT2D eigenvalue weighted by Crippen LogP contribution is -2.52. The van der Waals surface area contributed by atoms with Crippen molar-refractivity contribution in [1.82, 2.24) is 4.72 Å². The Morgan fingerprint density at radius 3 is 2.27 bits per heavy atom. The number of sulfonamides is 1. The van der Waals surface area contributed by atoms with E-state index in [0.29, 0.717) is 0 Å². The SMILES string of the molecule is CC(CO)NS(=O)(=O)c1ccc(NC(=O)C(C)(O)C(F)(F)F)c(Cl)c1Cl. The van der Waals surface area contributed by atoms with E-state index in [0.717, 1.165) is 12.1 Å². The first-order chi connectivity index (χ1) is 11.6. The van der Waals surface area contributed by atoms with Crippen molar-refractivity contribution in [2.45, 2.75) is 36.6 Å². The van der Waals surface area contributed by atoms with Gasteiger partial charge in [0, 0.05) is 6.04 Å². The van der Waals surface area contributed by atoms with Gasteiger partial charge in [-0.2, -0.15) is 13.2 Å². The third-order valence-electron chi connectivity index (χ3n) is 3.21. The summed E-state index contributed by atoms with van der Waals surface area (Å²) in [5, 5.41) is 18.9. The van der Waals surface area contributed by atoms with Gasteiger partial charge in [-0.1, -0.05) is 23.2 Å². The van der Waals surface area contributed by atoms with E-state index in [-0.39, 0.29) is 6.92 Å². The largest absolute Gasteiger partial charge is 0.426 e. The van der Waals surface area contributed by atoms with Crippen LogP contribution in [-0.2, 0) is 14.8 Å². The number of carbonyl (C=O) groups is 1. The Bertz CT molecular complexity index is 800. The van der Waals surface area contributed by atoms with Gasteiger partial charge in [-0.15, -0.1) is 0 Å². The van der Waals surface area contributed by atoms with Crippen LogP contribution in [-0.4, -0.2) is 49.0 Å². The van der Waals surface area contributed by atoms with Crippen molar-refractivity contribution in [3.63, 3.8) is 0 Å². The molecule has 1 rings (SSSR count). The predicted molar refractivity (Wildman–Crippen MR) is 88.6 cm³/mol. The zero-order valence-electron chi connectivity index (χ0n) is 13.4. The first-order valence-corrected chi connectivity index (χ1v) is 9.10. The number of anilines is 1. The molecule has 0 saturated carbocycles. The number of aliphatic hydroxyl groups is 2.